The first kappa shape index (κ1) is 23.2. The van der Waals surface area contributed by atoms with Crippen molar-refractivity contribution >= 4 is 39.2 Å². The normalized spacial score (nSPS) is 10.9. The average Bonchev–Trinajstić information content (AvgIpc) is 2.78. The molecule has 0 saturated heterocycles. The second-order valence-electron chi connectivity index (χ2n) is 6.62. The average molecular weight is 477 g/mol. The number of benzene rings is 3. The van der Waals surface area contributed by atoms with Gasteiger partial charge in [-0.2, -0.15) is 0 Å². The van der Waals surface area contributed by atoms with Crippen LogP contribution in [0.4, 0.5) is 10.1 Å². The summed E-state index contributed by atoms with van der Waals surface area (Å²) in [6, 6.07) is 16.8. The minimum Gasteiger partial charge on any atom is -0.452 e. The smallest absolute Gasteiger partial charge is 0.338 e. The third kappa shape index (κ3) is 6.53. The van der Waals surface area contributed by atoms with E-state index in [4.69, 9.17) is 16.3 Å². The van der Waals surface area contributed by atoms with E-state index in [1.807, 2.05) is 0 Å². The quantitative estimate of drug-likeness (QED) is 0.482. The Bertz CT molecular complexity index is 1220. The second-order valence-corrected chi connectivity index (χ2v) is 8.74. The van der Waals surface area contributed by atoms with Crippen LogP contribution in [0.3, 0.4) is 0 Å². The summed E-state index contributed by atoms with van der Waals surface area (Å²) in [6.07, 6.45) is 0. The Morgan fingerprint density at radius 3 is 2.34 bits per heavy atom. The van der Waals surface area contributed by atoms with E-state index in [1.165, 1.54) is 30.3 Å². The molecule has 0 atom stereocenters. The van der Waals surface area contributed by atoms with Gasteiger partial charge in [-0.25, -0.2) is 17.6 Å². The molecule has 0 aliphatic heterocycles. The predicted molar refractivity (Wildman–Crippen MR) is 117 cm³/mol. The number of amides is 1. The summed E-state index contributed by atoms with van der Waals surface area (Å²) in [7, 11) is -4.02. The van der Waals surface area contributed by atoms with E-state index in [-0.39, 0.29) is 22.7 Å². The minimum absolute atomic E-state index is 0.0440. The molecule has 32 heavy (non-hydrogen) atoms. The molecule has 7 nitrogen and oxygen atoms in total. The van der Waals surface area contributed by atoms with Gasteiger partial charge < -0.3 is 10.1 Å². The monoisotopic (exact) mass is 476 g/mol. The van der Waals surface area contributed by atoms with Crippen molar-refractivity contribution in [3.63, 3.8) is 0 Å². The number of carbonyl (C=O) groups is 2. The molecule has 3 aromatic carbocycles. The molecule has 0 spiro atoms. The van der Waals surface area contributed by atoms with E-state index < -0.39 is 34.3 Å². The molecule has 0 unspecified atom stereocenters. The highest BCUT2D eigenvalue weighted by atomic mass is 35.5. The first-order chi connectivity index (χ1) is 15.2. The molecule has 3 rings (SSSR count). The number of nitrogens with one attached hydrogen (secondary N) is 2. The Labute approximate surface area is 189 Å². The molecule has 0 radical (unpaired) electrons. The van der Waals surface area contributed by atoms with Crippen LogP contribution in [-0.4, -0.2) is 26.9 Å². The predicted octanol–water partition coefficient (Wildman–Crippen LogP) is 3.75. The highest BCUT2D eigenvalue weighted by Crippen LogP contribution is 2.18. The number of esters is 1. The van der Waals surface area contributed by atoms with Crippen molar-refractivity contribution in [1.29, 1.82) is 0 Å². The Morgan fingerprint density at radius 1 is 0.969 bits per heavy atom. The van der Waals surface area contributed by atoms with E-state index >= 15 is 0 Å². The van der Waals surface area contributed by atoms with Crippen LogP contribution >= 0.6 is 11.6 Å². The lowest BCUT2D eigenvalue weighted by molar-refractivity contribution is -0.124. The third-order valence-electron chi connectivity index (χ3n) is 4.21. The van der Waals surface area contributed by atoms with Crippen LogP contribution in [0.5, 0.6) is 0 Å². The van der Waals surface area contributed by atoms with Crippen molar-refractivity contribution < 1.29 is 27.1 Å². The molecule has 0 aromatic heterocycles. The maximum Gasteiger partial charge on any atom is 0.338 e. The maximum absolute atomic E-state index is 13.0. The van der Waals surface area contributed by atoms with Gasteiger partial charge in [0, 0.05) is 17.3 Å². The lowest BCUT2D eigenvalue weighted by Crippen LogP contribution is -2.28. The molecule has 0 bridgehead atoms. The highest BCUT2D eigenvalue weighted by Gasteiger charge is 2.18. The van der Waals surface area contributed by atoms with Gasteiger partial charge in [0.2, 0.25) is 0 Å². The molecule has 0 aliphatic carbocycles. The second kappa shape index (κ2) is 10.3. The van der Waals surface area contributed by atoms with Crippen LogP contribution in [0.2, 0.25) is 5.02 Å². The molecule has 166 valence electrons. The number of sulfonamides is 1. The molecule has 1 amide bonds. The standard InChI is InChI=1S/C22H18ClFN2O5S/c23-17-6-4-15(5-7-17)13-25-21(27)14-31-22(28)16-2-1-3-20(12-16)32(29,30)26-19-10-8-18(24)9-11-19/h1-12,26H,13-14H2,(H,25,27). The summed E-state index contributed by atoms with van der Waals surface area (Å²) >= 11 is 5.80. The Morgan fingerprint density at radius 2 is 1.66 bits per heavy atom. The first-order valence-corrected chi connectivity index (χ1v) is 11.2. The molecular formula is C22H18ClFN2O5S. The van der Waals surface area contributed by atoms with E-state index in [0.717, 1.165) is 23.8 Å². The molecule has 0 aliphatic rings. The van der Waals surface area contributed by atoms with Gasteiger partial charge >= 0.3 is 5.97 Å². The summed E-state index contributed by atoms with van der Waals surface area (Å²) in [5.74, 6) is -1.88. The Hall–Kier alpha value is -3.43. The molecule has 0 fully saturated rings. The van der Waals surface area contributed by atoms with Crippen LogP contribution in [-0.2, 0) is 26.1 Å². The zero-order valence-corrected chi connectivity index (χ0v) is 18.1. The van der Waals surface area contributed by atoms with Gasteiger partial charge in [0.1, 0.15) is 5.82 Å². The lowest BCUT2D eigenvalue weighted by Gasteiger charge is -2.10. The molecule has 10 heteroatoms. The number of hydrogen-bond acceptors (Lipinski definition) is 5. The number of ether oxygens (including phenoxy) is 1. The maximum atomic E-state index is 13.0. The molecule has 3 aromatic rings. The fourth-order valence-electron chi connectivity index (χ4n) is 2.59. The fourth-order valence-corrected chi connectivity index (χ4v) is 3.82. The van der Waals surface area contributed by atoms with Gasteiger partial charge in [0.05, 0.1) is 10.5 Å². The number of carbonyl (C=O) groups excluding carboxylic acids is 2. The lowest BCUT2D eigenvalue weighted by atomic mass is 10.2. The van der Waals surface area contributed by atoms with E-state index in [9.17, 15) is 22.4 Å². The zero-order valence-electron chi connectivity index (χ0n) is 16.5. The summed E-state index contributed by atoms with van der Waals surface area (Å²) in [5, 5.41) is 3.18. The summed E-state index contributed by atoms with van der Waals surface area (Å²) in [5.41, 5.74) is 0.940. The van der Waals surface area contributed by atoms with Crippen molar-refractivity contribution in [3.05, 3.63) is 94.8 Å². The van der Waals surface area contributed by atoms with Gasteiger partial charge in [-0.05, 0) is 60.2 Å². The Kier molecular flexibility index (Phi) is 7.45. The first-order valence-electron chi connectivity index (χ1n) is 9.30. The van der Waals surface area contributed by atoms with Crippen molar-refractivity contribution in [3.8, 4) is 0 Å². The van der Waals surface area contributed by atoms with Gasteiger partial charge in [-0.1, -0.05) is 29.8 Å². The topological polar surface area (TPSA) is 102 Å². The van der Waals surface area contributed by atoms with Gasteiger partial charge in [-0.15, -0.1) is 0 Å². The van der Waals surface area contributed by atoms with Gasteiger partial charge in [0.15, 0.2) is 6.61 Å². The fraction of sp³-hybridized carbons (Fsp3) is 0.0909. The van der Waals surface area contributed by atoms with Crippen molar-refractivity contribution in [2.75, 3.05) is 11.3 Å². The van der Waals surface area contributed by atoms with E-state index in [2.05, 4.69) is 10.0 Å². The van der Waals surface area contributed by atoms with Crippen molar-refractivity contribution in [2.24, 2.45) is 0 Å². The number of hydrogen-bond donors (Lipinski definition) is 2. The molecule has 0 saturated carbocycles. The molecule has 2 N–H and O–H groups in total. The minimum atomic E-state index is -4.02. The molecular weight excluding hydrogens is 459 g/mol. The zero-order chi connectivity index (χ0) is 23.1. The third-order valence-corrected chi connectivity index (χ3v) is 5.84. The molecule has 0 heterocycles. The number of rotatable bonds is 8. The summed E-state index contributed by atoms with van der Waals surface area (Å²) in [6.45, 7) is -0.298. The van der Waals surface area contributed by atoms with Crippen LogP contribution < -0.4 is 10.0 Å². The van der Waals surface area contributed by atoms with Gasteiger partial charge in [-0.3, -0.25) is 9.52 Å². The number of anilines is 1. The largest absolute Gasteiger partial charge is 0.452 e. The van der Waals surface area contributed by atoms with Crippen molar-refractivity contribution in [2.45, 2.75) is 11.4 Å². The van der Waals surface area contributed by atoms with E-state index in [1.54, 1.807) is 24.3 Å². The van der Waals surface area contributed by atoms with Crippen LogP contribution in [0.15, 0.2) is 77.7 Å². The number of halogens is 2. The van der Waals surface area contributed by atoms with Crippen LogP contribution in [0.25, 0.3) is 0 Å². The van der Waals surface area contributed by atoms with E-state index in [0.29, 0.717) is 5.02 Å². The summed E-state index contributed by atoms with van der Waals surface area (Å²) in [4.78, 5) is 24.0. The Balaban J connectivity index is 1.57. The van der Waals surface area contributed by atoms with Crippen LogP contribution in [0.1, 0.15) is 15.9 Å². The SMILES string of the molecule is O=C(COC(=O)c1cccc(S(=O)(=O)Nc2ccc(F)cc2)c1)NCc1ccc(Cl)cc1. The highest BCUT2D eigenvalue weighted by molar-refractivity contribution is 7.92. The summed E-state index contributed by atoms with van der Waals surface area (Å²) < 4.78 is 45.3. The van der Waals surface area contributed by atoms with Gasteiger partial charge in [0.25, 0.3) is 15.9 Å². The van der Waals surface area contributed by atoms with Crippen molar-refractivity contribution in [1.82, 2.24) is 5.32 Å². The van der Waals surface area contributed by atoms with Crippen LogP contribution in [0, 0.1) is 5.82 Å².